The minimum atomic E-state index is -0.488. The first-order valence-electron chi connectivity index (χ1n) is 10.3. The molecule has 1 heterocycles. The second kappa shape index (κ2) is 10.4. The Hall–Kier alpha value is -2.44. The number of benzene rings is 1. The van der Waals surface area contributed by atoms with Crippen LogP contribution in [0.1, 0.15) is 64.9 Å². The van der Waals surface area contributed by atoms with Gasteiger partial charge >= 0.3 is 12.2 Å². The molecule has 1 aromatic carbocycles. The number of hydrogen-bond acceptors (Lipinski definition) is 5. The first-order valence-corrected chi connectivity index (χ1v) is 10.3. The van der Waals surface area contributed by atoms with Crippen LogP contribution in [0.25, 0.3) is 0 Å². The molecule has 162 valence electrons. The highest BCUT2D eigenvalue weighted by atomic mass is 16.6. The van der Waals surface area contributed by atoms with Crippen molar-refractivity contribution in [3.05, 3.63) is 23.8 Å². The molecule has 0 bridgehead atoms. The molecule has 1 aliphatic heterocycles. The first-order chi connectivity index (χ1) is 13.7. The smallest absolute Gasteiger partial charge is 0.411 e. The van der Waals surface area contributed by atoms with Gasteiger partial charge < -0.3 is 19.1 Å². The molecule has 0 spiro atoms. The highest BCUT2D eigenvalue weighted by Gasteiger charge is 2.28. The van der Waals surface area contributed by atoms with Gasteiger partial charge in [-0.15, -0.1) is 0 Å². The third-order valence-corrected chi connectivity index (χ3v) is 4.80. The summed E-state index contributed by atoms with van der Waals surface area (Å²) in [5.41, 5.74) is 1.23. The largest absolute Gasteiger partial charge is 0.496 e. The van der Waals surface area contributed by atoms with E-state index in [0.717, 1.165) is 37.0 Å². The maximum atomic E-state index is 12.2. The number of anilines is 1. The summed E-state index contributed by atoms with van der Waals surface area (Å²) in [4.78, 5) is 25.9. The van der Waals surface area contributed by atoms with E-state index in [0.29, 0.717) is 25.4 Å². The van der Waals surface area contributed by atoms with E-state index in [1.54, 1.807) is 12.0 Å². The molecule has 0 unspecified atom stereocenters. The van der Waals surface area contributed by atoms with Crippen LogP contribution in [0.4, 0.5) is 15.3 Å². The predicted octanol–water partition coefficient (Wildman–Crippen LogP) is 5.16. The summed E-state index contributed by atoms with van der Waals surface area (Å²) in [7, 11) is 1.62. The fourth-order valence-corrected chi connectivity index (χ4v) is 3.29. The molecule has 0 aliphatic carbocycles. The molecular weight excluding hydrogens is 372 g/mol. The maximum Gasteiger partial charge on any atom is 0.411 e. The summed E-state index contributed by atoms with van der Waals surface area (Å²) >= 11 is 0. The average Bonchev–Trinajstić information content (AvgIpc) is 2.67. The fraction of sp³-hybridized carbons (Fsp3) is 0.636. The van der Waals surface area contributed by atoms with Gasteiger partial charge in [0.25, 0.3) is 0 Å². The van der Waals surface area contributed by atoms with Gasteiger partial charge in [0.15, 0.2) is 0 Å². The quantitative estimate of drug-likeness (QED) is 0.661. The van der Waals surface area contributed by atoms with E-state index in [4.69, 9.17) is 14.2 Å². The molecule has 0 radical (unpaired) electrons. The fourth-order valence-electron chi connectivity index (χ4n) is 3.29. The second-order valence-electron chi connectivity index (χ2n) is 8.31. The predicted molar refractivity (Wildman–Crippen MR) is 113 cm³/mol. The average molecular weight is 407 g/mol. The van der Waals surface area contributed by atoms with E-state index < -0.39 is 11.7 Å². The summed E-state index contributed by atoms with van der Waals surface area (Å²) in [6, 6.07) is 5.66. The Kier molecular flexibility index (Phi) is 8.17. The molecule has 1 N–H and O–H groups in total. The van der Waals surface area contributed by atoms with E-state index in [1.807, 2.05) is 45.9 Å². The SMILES string of the molecule is CCCCOC(=O)Nc1ccc(C2CCN(C(=O)OC(C)(C)C)CC2)c(OC)c1. The number of nitrogens with one attached hydrogen (secondary N) is 1. The number of nitrogens with zero attached hydrogens (tertiary/aromatic N) is 1. The number of rotatable bonds is 6. The molecular formula is C22H34N2O5. The highest BCUT2D eigenvalue weighted by molar-refractivity contribution is 5.85. The summed E-state index contributed by atoms with van der Waals surface area (Å²) in [5, 5.41) is 2.74. The van der Waals surface area contributed by atoms with Crippen molar-refractivity contribution >= 4 is 17.9 Å². The molecule has 1 aliphatic rings. The van der Waals surface area contributed by atoms with E-state index in [9.17, 15) is 9.59 Å². The number of piperidine rings is 1. The minimum absolute atomic E-state index is 0.260. The molecule has 7 nitrogen and oxygen atoms in total. The molecule has 2 amide bonds. The van der Waals surface area contributed by atoms with Crippen molar-refractivity contribution < 1.29 is 23.8 Å². The van der Waals surface area contributed by atoms with Gasteiger partial charge in [0.05, 0.1) is 13.7 Å². The van der Waals surface area contributed by atoms with Crippen LogP contribution in [-0.4, -0.2) is 49.5 Å². The minimum Gasteiger partial charge on any atom is -0.496 e. The number of hydrogen-bond donors (Lipinski definition) is 1. The molecule has 1 saturated heterocycles. The van der Waals surface area contributed by atoms with Crippen LogP contribution in [0, 0.1) is 0 Å². The number of carbonyl (C=O) groups excluding carboxylic acids is 2. The molecule has 1 aromatic rings. The third-order valence-electron chi connectivity index (χ3n) is 4.80. The van der Waals surface area contributed by atoms with E-state index in [2.05, 4.69) is 5.32 Å². The van der Waals surface area contributed by atoms with Crippen LogP contribution < -0.4 is 10.1 Å². The number of carbonyl (C=O) groups is 2. The Morgan fingerprint density at radius 1 is 1.21 bits per heavy atom. The standard InChI is InChI=1S/C22H34N2O5/c1-6-7-14-28-20(25)23-17-8-9-18(19(15-17)27-5)16-10-12-24(13-11-16)21(26)29-22(2,3)4/h8-9,15-16H,6-7,10-14H2,1-5H3,(H,23,25). The lowest BCUT2D eigenvalue weighted by Gasteiger charge is -2.34. The van der Waals surface area contributed by atoms with Gasteiger partial charge in [-0.25, -0.2) is 9.59 Å². The van der Waals surface area contributed by atoms with Crippen molar-refractivity contribution in [1.82, 2.24) is 4.90 Å². The zero-order valence-corrected chi connectivity index (χ0v) is 18.2. The lowest BCUT2D eigenvalue weighted by molar-refractivity contribution is 0.0204. The number of amides is 2. The van der Waals surface area contributed by atoms with Crippen LogP contribution in [-0.2, 0) is 9.47 Å². The Labute approximate surface area is 173 Å². The monoisotopic (exact) mass is 406 g/mol. The Morgan fingerprint density at radius 3 is 2.48 bits per heavy atom. The van der Waals surface area contributed by atoms with Crippen molar-refractivity contribution in [2.24, 2.45) is 0 Å². The molecule has 7 heteroatoms. The van der Waals surface area contributed by atoms with Crippen LogP contribution >= 0.6 is 0 Å². The number of ether oxygens (including phenoxy) is 3. The Balaban J connectivity index is 1.96. The Bertz CT molecular complexity index is 691. The van der Waals surface area contributed by atoms with Gasteiger partial charge in [0, 0.05) is 24.8 Å². The topological polar surface area (TPSA) is 77.1 Å². The summed E-state index contributed by atoms with van der Waals surface area (Å²) < 4.78 is 16.2. The summed E-state index contributed by atoms with van der Waals surface area (Å²) in [6.07, 6.45) is 2.77. The van der Waals surface area contributed by atoms with E-state index >= 15 is 0 Å². The van der Waals surface area contributed by atoms with Crippen LogP contribution in [0.2, 0.25) is 0 Å². The lowest BCUT2D eigenvalue weighted by Crippen LogP contribution is -2.41. The molecule has 29 heavy (non-hydrogen) atoms. The summed E-state index contributed by atoms with van der Waals surface area (Å²) in [6.45, 7) is 9.36. The van der Waals surface area contributed by atoms with Crippen molar-refractivity contribution in [2.75, 3.05) is 32.1 Å². The third kappa shape index (κ3) is 7.15. The van der Waals surface area contributed by atoms with Crippen LogP contribution in [0.15, 0.2) is 18.2 Å². The van der Waals surface area contributed by atoms with Crippen molar-refractivity contribution in [2.45, 2.75) is 64.9 Å². The van der Waals surface area contributed by atoms with Crippen molar-refractivity contribution in [3.63, 3.8) is 0 Å². The maximum absolute atomic E-state index is 12.2. The highest BCUT2D eigenvalue weighted by Crippen LogP contribution is 2.36. The van der Waals surface area contributed by atoms with E-state index in [1.165, 1.54) is 0 Å². The molecule has 1 fully saturated rings. The van der Waals surface area contributed by atoms with Crippen molar-refractivity contribution in [1.29, 1.82) is 0 Å². The molecule has 0 atom stereocenters. The first kappa shape index (κ1) is 22.8. The van der Waals surface area contributed by atoms with Gasteiger partial charge in [-0.1, -0.05) is 19.4 Å². The van der Waals surface area contributed by atoms with Gasteiger partial charge in [-0.3, -0.25) is 5.32 Å². The van der Waals surface area contributed by atoms with Gasteiger partial charge in [0.2, 0.25) is 0 Å². The van der Waals surface area contributed by atoms with Gasteiger partial charge in [0.1, 0.15) is 11.4 Å². The van der Waals surface area contributed by atoms with Crippen molar-refractivity contribution in [3.8, 4) is 5.75 Å². The van der Waals surface area contributed by atoms with Crippen LogP contribution in [0.5, 0.6) is 5.75 Å². The van der Waals surface area contributed by atoms with E-state index in [-0.39, 0.29) is 12.0 Å². The number of likely N-dealkylation sites (tertiary alicyclic amines) is 1. The zero-order chi connectivity index (χ0) is 21.4. The molecule has 2 rings (SSSR count). The normalized spacial score (nSPS) is 15.0. The van der Waals surface area contributed by atoms with Crippen LogP contribution in [0.3, 0.4) is 0 Å². The second-order valence-corrected chi connectivity index (χ2v) is 8.31. The lowest BCUT2D eigenvalue weighted by atomic mass is 9.88. The number of unbranched alkanes of at least 4 members (excludes halogenated alkanes) is 1. The zero-order valence-electron chi connectivity index (χ0n) is 18.2. The molecule has 0 saturated carbocycles. The molecule has 0 aromatic heterocycles. The van der Waals surface area contributed by atoms with Gasteiger partial charge in [-0.05, 0) is 57.6 Å². The Morgan fingerprint density at radius 2 is 1.90 bits per heavy atom. The summed E-state index contributed by atoms with van der Waals surface area (Å²) in [5.74, 6) is 1.02. The van der Waals surface area contributed by atoms with Gasteiger partial charge in [-0.2, -0.15) is 0 Å². The number of methoxy groups -OCH3 is 1.